The molecule has 4 rings (SSSR count). The lowest BCUT2D eigenvalue weighted by Gasteiger charge is -2.42. The first-order valence-electron chi connectivity index (χ1n) is 9.34. The molecule has 2 heterocycles. The van der Waals surface area contributed by atoms with Crippen molar-refractivity contribution in [2.24, 2.45) is 0 Å². The highest BCUT2D eigenvalue weighted by molar-refractivity contribution is 5.96. The highest BCUT2D eigenvalue weighted by Crippen LogP contribution is 2.30. The quantitative estimate of drug-likeness (QED) is 0.831. The van der Waals surface area contributed by atoms with Gasteiger partial charge >= 0.3 is 0 Å². The normalized spacial score (nSPS) is 20.8. The van der Waals surface area contributed by atoms with Crippen LogP contribution in [0, 0.1) is 0 Å². The number of amides is 1. The summed E-state index contributed by atoms with van der Waals surface area (Å²) in [5.74, 6) is 0.423. The van der Waals surface area contributed by atoms with Crippen molar-refractivity contribution in [1.29, 1.82) is 0 Å². The fourth-order valence-electron chi connectivity index (χ4n) is 3.85. The summed E-state index contributed by atoms with van der Waals surface area (Å²) < 4.78 is 5.31. The van der Waals surface area contributed by atoms with Crippen LogP contribution in [0.15, 0.2) is 48.7 Å². The SMILES string of the molecule is COc1ncccc1C(=O)N1CCN(C2CC2)CC1Cc1ccccc1. The third kappa shape index (κ3) is 3.58. The lowest BCUT2D eigenvalue weighted by atomic mass is 10.0. The largest absolute Gasteiger partial charge is 0.480 e. The number of hydrogen-bond donors (Lipinski definition) is 0. The molecule has 1 saturated heterocycles. The molecular weight excluding hydrogens is 326 g/mol. The molecule has 0 N–H and O–H groups in total. The van der Waals surface area contributed by atoms with Crippen LogP contribution in [0.4, 0.5) is 0 Å². The fraction of sp³-hybridized carbons (Fsp3) is 0.429. The minimum absolute atomic E-state index is 0.0197. The highest BCUT2D eigenvalue weighted by atomic mass is 16.5. The summed E-state index contributed by atoms with van der Waals surface area (Å²) in [5, 5.41) is 0. The van der Waals surface area contributed by atoms with Crippen molar-refractivity contribution in [2.45, 2.75) is 31.3 Å². The van der Waals surface area contributed by atoms with Crippen LogP contribution in [-0.4, -0.2) is 59.5 Å². The van der Waals surface area contributed by atoms with E-state index in [1.54, 1.807) is 25.4 Å². The van der Waals surface area contributed by atoms with Gasteiger partial charge in [-0.1, -0.05) is 30.3 Å². The monoisotopic (exact) mass is 351 g/mol. The molecule has 26 heavy (non-hydrogen) atoms. The number of nitrogens with zero attached hydrogens (tertiary/aromatic N) is 3. The van der Waals surface area contributed by atoms with Gasteiger partial charge in [-0.3, -0.25) is 9.69 Å². The third-order valence-electron chi connectivity index (χ3n) is 5.35. The van der Waals surface area contributed by atoms with Gasteiger partial charge in [-0.25, -0.2) is 4.98 Å². The molecule has 1 atom stereocenters. The Balaban J connectivity index is 1.58. The van der Waals surface area contributed by atoms with E-state index in [4.69, 9.17) is 4.74 Å². The van der Waals surface area contributed by atoms with Crippen molar-refractivity contribution in [1.82, 2.24) is 14.8 Å². The third-order valence-corrected chi connectivity index (χ3v) is 5.35. The maximum Gasteiger partial charge on any atom is 0.259 e. The number of hydrogen-bond acceptors (Lipinski definition) is 4. The zero-order valence-electron chi connectivity index (χ0n) is 15.2. The van der Waals surface area contributed by atoms with Crippen LogP contribution in [-0.2, 0) is 6.42 Å². The zero-order chi connectivity index (χ0) is 17.9. The van der Waals surface area contributed by atoms with Crippen LogP contribution in [0.2, 0.25) is 0 Å². The van der Waals surface area contributed by atoms with Crippen molar-refractivity contribution in [3.05, 3.63) is 59.8 Å². The van der Waals surface area contributed by atoms with Crippen molar-refractivity contribution in [3.63, 3.8) is 0 Å². The second-order valence-electron chi connectivity index (χ2n) is 7.13. The zero-order valence-corrected chi connectivity index (χ0v) is 15.2. The van der Waals surface area contributed by atoms with Gasteiger partial charge in [-0.2, -0.15) is 0 Å². The molecule has 1 aromatic heterocycles. The number of carbonyl (C=O) groups is 1. The van der Waals surface area contributed by atoms with Crippen LogP contribution < -0.4 is 4.74 Å². The Morgan fingerprint density at radius 2 is 1.96 bits per heavy atom. The van der Waals surface area contributed by atoms with E-state index in [0.717, 1.165) is 32.1 Å². The Hall–Kier alpha value is -2.40. The molecule has 1 aromatic carbocycles. The van der Waals surface area contributed by atoms with Crippen molar-refractivity contribution >= 4 is 5.91 Å². The molecule has 1 amide bonds. The van der Waals surface area contributed by atoms with Crippen LogP contribution in [0.5, 0.6) is 5.88 Å². The molecule has 5 nitrogen and oxygen atoms in total. The van der Waals surface area contributed by atoms with Gasteiger partial charge in [-0.15, -0.1) is 0 Å². The number of benzene rings is 1. The number of ether oxygens (including phenoxy) is 1. The summed E-state index contributed by atoms with van der Waals surface area (Å²) in [6.45, 7) is 2.64. The maximum absolute atomic E-state index is 13.3. The average Bonchev–Trinajstić information content (AvgIpc) is 3.53. The number of rotatable bonds is 5. The predicted molar refractivity (Wildman–Crippen MR) is 100 cm³/mol. The van der Waals surface area contributed by atoms with E-state index in [9.17, 15) is 4.79 Å². The van der Waals surface area contributed by atoms with Gasteiger partial charge in [0.25, 0.3) is 5.91 Å². The summed E-state index contributed by atoms with van der Waals surface area (Å²) >= 11 is 0. The summed E-state index contributed by atoms with van der Waals surface area (Å²) in [4.78, 5) is 22.0. The van der Waals surface area contributed by atoms with Crippen LogP contribution in [0.25, 0.3) is 0 Å². The molecule has 1 aliphatic carbocycles. The second kappa shape index (κ2) is 7.46. The number of carbonyl (C=O) groups excluding carboxylic acids is 1. The van der Waals surface area contributed by atoms with Gasteiger partial charge in [0.05, 0.1) is 7.11 Å². The summed E-state index contributed by atoms with van der Waals surface area (Å²) in [5.41, 5.74) is 1.82. The number of aromatic nitrogens is 1. The Kier molecular flexibility index (Phi) is 4.89. The molecular formula is C21H25N3O2. The minimum Gasteiger partial charge on any atom is -0.480 e. The van der Waals surface area contributed by atoms with Gasteiger partial charge < -0.3 is 9.64 Å². The molecule has 2 aliphatic rings. The van der Waals surface area contributed by atoms with E-state index < -0.39 is 0 Å². The lowest BCUT2D eigenvalue weighted by molar-refractivity contribution is 0.0433. The first-order valence-corrected chi connectivity index (χ1v) is 9.34. The Morgan fingerprint density at radius 3 is 2.69 bits per heavy atom. The molecule has 2 aromatic rings. The van der Waals surface area contributed by atoms with E-state index in [-0.39, 0.29) is 11.9 Å². The smallest absolute Gasteiger partial charge is 0.259 e. The topological polar surface area (TPSA) is 45.7 Å². The standard InChI is InChI=1S/C21H25N3O2/c1-26-20-19(8-5-11-22-20)21(25)24-13-12-23(17-9-10-17)15-18(24)14-16-6-3-2-4-7-16/h2-8,11,17-18H,9-10,12-15H2,1H3. The van der Waals surface area contributed by atoms with Crippen molar-refractivity contribution < 1.29 is 9.53 Å². The van der Waals surface area contributed by atoms with Gasteiger partial charge in [0, 0.05) is 37.9 Å². The summed E-state index contributed by atoms with van der Waals surface area (Å²) in [6, 6.07) is 14.9. The molecule has 1 unspecified atom stereocenters. The molecule has 2 fully saturated rings. The van der Waals surface area contributed by atoms with E-state index in [0.29, 0.717) is 11.4 Å². The Labute approximate surface area is 154 Å². The van der Waals surface area contributed by atoms with Gasteiger partial charge in [0.1, 0.15) is 5.56 Å². The van der Waals surface area contributed by atoms with Gasteiger partial charge in [-0.05, 0) is 37.0 Å². The second-order valence-corrected chi connectivity index (χ2v) is 7.13. The van der Waals surface area contributed by atoms with E-state index in [2.05, 4.69) is 34.1 Å². The van der Waals surface area contributed by atoms with Gasteiger partial charge in [0.15, 0.2) is 0 Å². The van der Waals surface area contributed by atoms with Gasteiger partial charge in [0.2, 0.25) is 5.88 Å². The van der Waals surface area contributed by atoms with Crippen molar-refractivity contribution in [2.75, 3.05) is 26.7 Å². The first kappa shape index (κ1) is 17.0. The maximum atomic E-state index is 13.3. The van der Waals surface area contributed by atoms with Crippen molar-refractivity contribution in [3.8, 4) is 5.88 Å². The summed E-state index contributed by atoms with van der Waals surface area (Å²) in [6.07, 6.45) is 5.12. The molecule has 0 spiro atoms. The van der Waals surface area contributed by atoms with E-state index >= 15 is 0 Å². The Morgan fingerprint density at radius 1 is 1.15 bits per heavy atom. The fourth-order valence-corrected chi connectivity index (χ4v) is 3.85. The molecule has 5 heteroatoms. The molecule has 1 aliphatic heterocycles. The molecule has 136 valence electrons. The highest BCUT2D eigenvalue weighted by Gasteiger charge is 2.38. The number of piperazine rings is 1. The minimum atomic E-state index is 0.0197. The first-order chi connectivity index (χ1) is 12.8. The average molecular weight is 351 g/mol. The predicted octanol–water partition coefficient (Wildman–Crippen LogP) is 2.62. The molecule has 0 bridgehead atoms. The van der Waals surface area contributed by atoms with Crippen LogP contribution >= 0.6 is 0 Å². The number of pyridine rings is 1. The van der Waals surface area contributed by atoms with E-state index in [1.165, 1.54) is 18.4 Å². The number of methoxy groups -OCH3 is 1. The van der Waals surface area contributed by atoms with Crippen LogP contribution in [0.1, 0.15) is 28.8 Å². The molecule has 0 radical (unpaired) electrons. The molecule has 1 saturated carbocycles. The Bertz CT molecular complexity index is 761. The summed E-state index contributed by atoms with van der Waals surface area (Å²) in [7, 11) is 1.56. The lowest BCUT2D eigenvalue weighted by Crippen LogP contribution is -2.56. The van der Waals surface area contributed by atoms with E-state index in [1.807, 2.05) is 11.0 Å². The van der Waals surface area contributed by atoms with Crippen LogP contribution in [0.3, 0.4) is 0 Å².